The van der Waals surface area contributed by atoms with Crippen LogP contribution in [0.2, 0.25) is 0 Å². The molecule has 1 aromatic carbocycles. The van der Waals surface area contributed by atoms with Gasteiger partial charge in [0.05, 0.1) is 7.11 Å². The van der Waals surface area contributed by atoms with Crippen LogP contribution in [-0.2, 0) is 16.0 Å². The molecule has 1 N–H and O–H groups in total. The van der Waals surface area contributed by atoms with Gasteiger partial charge in [-0.3, -0.25) is 4.79 Å². The number of hydrogen-bond donors (Lipinski definition) is 1. The SMILES string of the molecule is COCCCNC(=O)C1CCN(c2nc(Cc3cccc(OC)c3)ns2)CC1. The van der Waals surface area contributed by atoms with Crippen molar-refractivity contribution >= 4 is 22.6 Å². The molecule has 0 radical (unpaired) electrons. The lowest BCUT2D eigenvalue weighted by atomic mass is 9.96. The second-order valence-corrected chi connectivity index (χ2v) is 7.65. The standard InChI is InChI=1S/C20H28N4O3S/c1-26-12-4-9-21-19(25)16-7-10-24(11-8-16)20-22-18(23-28-20)14-15-5-3-6-17(13-15)27-2/h3,5-6,13,16H,4,7-12,14H2,1-2H3,(H,21,25). The molecule has 1 amide bonds. The smallest absolute Gasteiger partial charge is 0.223 e. The number of amides is 1. The Bertz CT molecular complexity index is 759. The summed E-state index contributed by atoms with van der Waals surface area (Å²) in [6.45, 7) is 3.03. The van der Waals surface area contributed by atoms with Gasteiger partial charge >= 0.3 is 0 Å². The van der Waals surface area contributed by atoms with Gasteiger partial charge < -0.3 is 19.7 Å². The number of rotatable bonds is 9. The summed E-state index contributed by atoms with van der Waals surface area (Å²) in [4.78, 5) is 19.2. The van der Waals surface area contributed by atoms with E-state index in [1.807, 2.05) is 18.2 Å². The van der Waals surface area contributed by atoms with E-state index >= 15 is 0 Å². The molecule has 28 heavy (non-hydrogen) atoms. The Hall–Kier alpha value is -2.19. The highest BCUT2D eigenvalue weighted by Crippen LogP contribution is 2.26. The number of aromatic nitrogens is 2. The van der Waals surface area contributed by atoms with E-state index in [1.165, 1.54) is 11.5 Å². The summed E-state index contributed by atoms with van der Waals surface area (Å²) in [6, 6.07) is 7.98. The van der Waals surface area contributed by atoms with Gasteiger partial charge in [-0.25, -0.2) is 4.98 Å². The second-order valence-electron chi connectivity index (χ2n) is 6.92. The van der Waals surface area contributed by atoms with Gasteiger partial charge in [-0.05, 0) is 37.0 Å². The minimum absolute atomic E-state index is 0.0861. The first-order chi connectivity index (χ1) is 13.7. The third kappa shape index (κ3) is 5.65. The van der Waals surface area contributed by atoms with Crippen molar-refractivity contribution in [2.24, 2.45) is 5.92 Å². The summed E-state index contributed by atoms with van der Waals surface area (Å²) in [5.74, 6) is 1.91. The Morgan fingerprint density at radius 3 is 2.89 bits per heavy atom. The molecule has 1 aliphatic heterocycles. The van der Waals surface area contributed by atoms with Crippen LogP contribution in [0.3, 0.4) is 0 Å². The summed E-state index contributed by atoms with van der Waals surface area (Å²) in [6.07, 6.45) is 3.23. The molecule has 0 atom stereocenters. The zero-order valence-corrected chi connectivity index (χ0v) is 17.3. The highest BCUT2D eigenvalue weighted by Gasteiger charge is 2.26. The van der Waals surface area contributed by atoms with E-state index < -0.39 is 0 Å². The lowest BCUT2D eigenvalue weighted by Crippen LogP contribution is -2.40. The van der Waals surface area contributed by atoms with Gasteiger partial charge in [-0.1, -0.05) is 12.1 Å². The zero-order valence-electron chi connectivity index (χ0n) is 16.5. The van der Waals surface area contributed by atoms with Crippen LogP contribution in [0.15, 0.2) is 24.3 Å². The first-order valence-electron chi connectivity index (χ1n) is 9.66. The van der Waals surface area contributed by atoms with Gasteiger partial charge in [0.2, 0.25) is 11.0 Å². The normalized spacial score (nSPS) is 14.9. The molecule has 3 rings (SSSR count). The van der Waals surface area contributed by atoms with Crippen molar-refractivity contribution in [3.05, 3.63) is 35.7 Å². The maximum Gasteiger partial charge on any atom is 0.223 e. The van der Waals surface area contributed by atoms with Crippen molar-refractivity contribution in [1.82, 2.24) is 14.7 Å². The number of hydrogen-bond acceptors (Lipinski definition) is 7. The van der Waals surface area contributed by atoms with E-state index in [1.54, 1.807) is 14.2 Å². The van der Waals surface area contributed by atoms with Crippen LogP contribution in [0.1, 0.15) is 30.7 Å². The number of anilines is 1. The number of carbonyl (C=O) groups excluding carboxylic acids is 1. The molecular weight excluding hydrogens is 376 g/mol. The molecule has 152 valence electrons. The monoisotopic (exact) mass is 404 g/mol. The average Bonchev–Trinajstić information content (AvgIpc) is 3.19. The largest absolute Gasteiger partial charge is 0.497 e. The van der Waals surface area contributed by atoms with Crippen molar-refractivity contribution in [3.63, 3.8) is 0 Å². The maximum absolute atomic E-state index is 12.3. The minimum Gasteiger partial charge on any atom is -0.497 e. The molecule has 0 unspecified atom stereocenters. The van der Waals surface area contributed by atoms with E-state index in [9.17, 15) is 4.79 Å². The molecule has 0 saturated carbocycles. The van der Waals surface area contributed by atoms with Crippen molar-refractivity contribution in [2.45, 2.75) is 25.7 Å². The third-order valence-electron chi connectivity index (χ3n) is 4.91. The fraction of sp³-hybridized carbons (Fsp3) is 0.550. The molecule has 1 fully saturated rings. The maximum atomic E-state index is 12.3. The first-order valence-corrected chi connectivity index (χ1v) is 10.4. The zero-order chi connectivity index (χ0) is 19.8. The average molecular weight is 405 g/mol. The number of benzene rings is 1. The van der Waals surface area contributed by atoms with Crippen molar-refractivity contribution < 1.29 is 14.3 Å². The van der Waals surface area contributed by atoms with Crippen LogP contribution in [0.4, 0.5) is 5.13 Å². The van der Waals surface area contributed by atoms with Crippen LogP contribution in [0.5, 0.6) is 5.75 Å². The van der Waals surface area contributed by atoms with Crippen LogP contribution in [-0.4, -0.2) is 55.7 Å². The summed E-state index contributed by atoms with van der Waals surface area (Å²) < 4.78 is 14.8. The van der Waals surface area contributed by atoms with Crippen molar-refractivity contribution in [3.8, 4) is 5.75 Å². The van der Waals surface area contributed by atoms with Gasteiger partial charge in [0.15, 0.2) is 0 Å². The fourth-order valence-electron chi connectivity index (χ4n) is 3.32. The molecule has 1 aromatic heterocycles. The molecule has 7 nitrogen and oxygen atoms in total. The number of piperidine rings is 1. The number of carbonyl (C=O) groups is 1. The molecule has 1 saturated heterocycles. The number of nitrogens with zero attached hydrogens (tertiary/aromatic N) is 3. The molecule has 8 heteroatoms. The number of ether oxygens (including phenoxy) is 2. The molecule has 1 aliphatic rings. The molecule has 0 aliphatic carbocycles. The van der Waals surface area contributed by atoms with Gasteiger partial charge in [0, 0.05) is 57.2 Å². The first kappa shape index (κ1) is 20.5. The summed E-state index contributed by atoms with van der Waals surface area (Å²) in [5.41, 5.74) is 1.13. The van der Waals surface area contributed by atoms with Crippen LogP contribution >= 0.6 is 11.5 Å². The Kier molecular flexibility index (Phi) is 7.62. The Balaban J connectivity index is 1.48. The summed E-state index contributed by atoms with van der Waals surface area (Å²) in [7, 11) is 3.34. The van der Waals surface area contributed by atoms with E-state index in [2.05, 4.69) is 20.7 Å². The van der Waals surface area contributed by atoms with Gasteiger partial charge in [0.1, 0.15) is 11.6 Å². The molecule has 0 bridgehead atoms. The lowest BCUT2D eigenvalue weighted by Gasteiger charge is -2.30. The summed E-state index contributed by atoms with van der Waals surface area (Å²) >= 11 is 1.43. The summed E-state index contributed by atoms with van der Waals surface area (Å²) in [5, 5.41) is 3.95. The molecule has 0 spiro atoms. The minimum atomic E-state index is 0.0861. The van der Waals surface area contributed by atoms with E-state index in [0.29, 0.717) is 19.6 Å². The van der Waals surface area contributed by atoms with Crippen molar-refractivity contribution in [1.29, 1.82) is 0 Å². The predicted octanol–water partition coefficient (Wildman–Crippen LogP) is 2.51. The third-order valence-corrected chi connectivity index (χ3v) is 5.73. The quantitative estimate of drug-likeness (QED) is 0.647. The Labute approximate surface area is 170 Å². The Morgan fingerprint density at radius 2 is 2.14 bits per heavy atom. The molecule has 2 heterocycles. The number of nitrogens with one attached hydrogen (secondary N) is 1. The lowest BCUT2D eigenvalue weighted by molar-refractivity contribution is -0.125. The highest BCUT2D eigenvalue weighted by atomic mass is 32.1. The van der Waals surface area contributed by atoms with Crippen LogP contribution in [0, 0.1) is 5.92 Å². The van der Waals surface area contributed by atoms with Crippen LogP contribution in [0.25, 0.3) is 0 Å². The predicted molar refractivity (Wildman–Crippen MR) is 110 cm³/mol. The molecule has 2 aromatic rings. The topological polar surface area (TPSA) is 76.6 Å². The van der Waals surface area contributed by atoms with Crippen LogP contribution < -0.4 is 15.0 Å². The van der Waals surface area contributed by atoms with Gasteiger partial charge in [-0.2, -0.15) is 4.37 Å². The van der Waals surface area contributed by atoms with Gasteiger partial charge in [0.25, 0.3) is 0 Å². The van der Waals surface area contributed by atoms with Crippen molar-refractivity contribution in [2.75, 3.05) is 45.4 Å². The molecular formula is C20H28N4O3S. The highest BCUT2D eigenvalue weighted by molar-refractivity contribution is 7.09. The van der Waals surface area contributed by atoms with E-state index in [-0.39, 0.29) is 11.8 Å². The van der Waals surface area contributed by atoms with E-state index in [4.69, 9.17) is 14.5 Å². The van der Waals surface area contributed by atoms with E-state index in [0.717, 1.165) is 54.6 Å². The second kappa shape index (κ2) is 10.4. The Morgan fingerprint density at radius 1 is 1.32 bits per heavy atom. The fourth-order valence-corrected chi connectivity index (χ4v) is 4.05. The van der Waals surface area contributed by atoms with Gasteiger partial charge in [-0.15, -0.1) is 0 Å². The number of methoxy groups -OCH3 is 2.